The third kappa shape index (κ3) is 3.82. The van der Waals surface area contributed by atoms with Crippen molar-refractivity contribution in [2.45, 2.75) is 44.9 Å². The fourth-order valence-corrected chi connectivity index (χ4v) is 5.62. The van der Waals surface area contributed by atoms with Gasteiger partial charge in [0.15, 0.2) is 0 Å². The van der Waals surface area contributed by atoms with E-state index in [4.69, 9.17) is 0 Å². The molecule has 0 aliphatic heterocycles. The average Bonchev–Trinajstić information content (AvgIpc) is 2.65. The number of pyridine rings is 1. The van der Waals surface area contributed by atoms with Crippen LogP contribution in [0.2, 0.25) is 0 Å². The van der Waals surface area contributed by atoms with E-state index < -0.39 is 5.91 Å². The molecular weight excluding hydrogens is 344 g/mol. The van der Waals surface area contributed by atoms with E-state index in [0.717, 1.165) is 19.3 Å². The molecule has 0 atom stereocenters. The molecule has 0 unspecified atom stereocenters. The van der Waals surface area contributed by atoms with Crippen molar-refractivity contribution in [3.63, 3.8) is 0 Å². The van der Waals surface area contributed by atoms with E-state index in [1.165, 1.54) is 25.5 Å². The summed E-state index contributed by atoms with van der Waals surface area (Å²) in [6.45, 7) is 0.287. The van der Waals surface area contributed by atoms with Crippen LogP contribution in [0.25, 0.3) is 0 Å². The van der Waals surface area contributed by atoms with Crippen LogP contribution in [0, 0.1) is 23.2 Å². The van der Waals surface area contributed by atoms with Crippen molar-refractivity contribution in [3.8, 4) is 0 Å². The molecular formula is C20H26N4O3. The summed E-state index contributed by atoms with van der Waals surface area (Å²) in [7, 11) is 0. The largest absolute Gasteiger partial charge is 0.355 e. The van der Waals surface area contributed by atoms with Gasteiger partial charge in [-0.3, -0.25) is 30.2 Å². The third-order valence-corrected chi connectivity index (χ3v) is 6.40. The first kappa shape index (κ1) is 17.9. The van der Waals surface area contributed by atoms with E-state index >= 15 is 0 Å². The second-order valence-corrected chi connectivity index (χ2v) is 8.45. The molecule has 4 bridgehead atoms. The second kappa shape index (κ2) is 7.29. The van der Waals surface area contributed by atoms with Gasteiger partial charge in [0.1, 0.15) is 0 Å². The quantitative estimate of drug-likeness (QED) is 0.685. The van der Waals surface area contributed by atoms with Gasteiger partial charge in [0.25, 0.3) is 5.91 Å². The number of aromatic nitrogens is 1. The maximum absolute atomic E-state index is 12.8. The number of carbonyl (C=O) groups excluding carboxylic acids is 3. The molecule has 0 spiro atoms. The van der Waals surface area contributed by atoms with Crippen molar-refractivity contribution in [2.24, 2.45) is 23.2 Å². The average molecular weight is 370 g/mol. The molecule has 0 radical (unpaired) electrons. The number of amides is 3. The summed E-state index contributed by atoms with van der Waals surface area (Å²) in [5.74, 6) is 1.51. The summed E-state index contributed by atoms with van der Waals surface area (Å²) >= 11 is 0. The fourth-order valence-electron chi connectivity index (χ4n) is 5.62. The number of hydrogen-bond donors (Lipinski definition) is 3. The molecule has 3 amide bonds. The number of hydrogen-bond acceptors (Lipinski definition) is 4. The first-order valence-corrected chi connectivity index (χ1v) is 9.81. The summed E-state index contributed by atoms with van der Waals surface area (Å²) in [5, 5.41) is 2.97. The molecule has 7 heteroatoms. The fraction of sp³-hybridized carbons (Fsp3) is 0.600. The minimum Gasteiger partial charge on any atom is -0.355 e. The first-order valence-electron chi connectivity index (χ1n) is 9.81. The third-order valence-electron chi connectivity index (χ3n) is 6.40. The van der Waals surface area contributed by atoms with Crippen molar-refractivity contribution >= 4 is 17.7 Å². The molecule has 4 saturated carbocycles. The van der Waals surface area contributed by atoms with Gasteiger partial charge in [-0.1, -0.05) is 0 Å². The Morgan fingerprint density at radius 3 is 2.30 bits per heavy atom. The van der Waals surface area contributed by atoms with Crippen LogP contribution in [-0.2, 0) is 9.59 Å². The zero-order valence-corrected chi connectivity index (χ0v) is 15.4. The number of nitrogens with zero attached hydrogens (tertiary/aromatic N) is 1. The minimum absolute atomic E-state index is 0.119. The van der Waals surface area contributed by atoms with E-state index in [-0.39, 0.29) is 30.2 Å². The van der Waals surface area contributed by atoms with E-state index in [1.807, 2.05) is 0 Å². The molecule has 0 aromatic carbocycles. The second-order valence-electron chi connectivity index (χ2n) is 8.45. The topological polar surface area (TPSA) is 100 Å². The summed E-state index contributed by atoms with van der Waals surface area (Å²) in [5.41, 5.74) is 4.90. The maximum Gasteiger partial charge on any atom is 0.271 e. The lowest BCUT2D eigenvalue weighted by molar-refractivity contribution is -0.146. The summed E-state index contributed by atoms with van der Waals surface area (Å²) in [6, 6.07) is 3.26. The Kier molecular flexibility index (Phi) is 4.85. The first-order chi connectivity index (χ1) is 13.0. The Hall–Kier alpha value is -2.44. The number of nitrogens with one attached hydrogen (secondary N) is 3. The molecule has 4 aliphatic rings. The predicted octanol–water partition coefficient (Wildman–Crippen LogP) is 1.57. The van der Waals surface area contributed by atoms with Crippen molar-refractivity contribution < 1.29 is 14.4 Å². The van der Waals surface area contributed by atoms with Crippen LogP contribution in [0.5, 0.6) is 0 Å². The van der Waals surface area contributed by atoms with Crippen LogP contribution in [0.1, 0.15) is 55.3 Å². The van der Waals surface area contributed by atoms with Crippen molar-refractivity contribution in [2.75, 3.05) is 6.54 Å². The SMILES string of the molecule is O=C(CCNC(=O)C12CC3CC(CC(C3)C1)C2)NNC(=O)c1cccnc1. The Labute approximate surface area is 158 Å². The van der Waals surface area contributed by atoms with Gasteiger partial charge in [-0.05, 0) is 68.4 Å². The number of hydrazine groups is 1. The van der Waals surface area contributed by atoms with Gasteiger partial charge >= 0.3 is 0 Å². The zero-order chi connectivity index (χ0) is 18.9. The lowest BCUT2D eigenvalue weighted by atomic mass is 9.49. The summed E-state index contributed by atoms with van der Waals surface area (Å²) in [4.78, 5) is 40.4. The molecule has 5 rings (SSSR count). The van der Waals surface area contributed by atoms with Crippen molar-refractivity contribution in [1.29, 1.82) is 0 Å². The molecule has 144 valence electrons. The summed E-state index contributed by atoms with van der Waals surface area (Å²) < 4.78 is 0. The highest BCUT2D eigenvalue weighted by Crippen LogP contribution is 2.60. The molecule has 1 aromatic heterocycles. The van der Waals surface area contributed by atoms with Crippen LogP contribution in [0.3, 0.4) is 0 Å². The smallest absolute Gasteiger partial charge is 0.271 e. The standard InChI is InChI=1S/C20H26N4O3/c25-17(23-24-18(26)16-2-1-4-21-12-16)3-5-22-19(27)20-9-13-6-14(10-20)8-15(7-13)11-20/h1-2,4,12-15H,3,5-11H2,(H,22,27)(H,23,25)(H,24,26). The van der Waals surface area contributed by atoms with Gasteiger partial charge in [0, 0.05) is 30.8 Å². The van der Waals surface area contributed by atoms with Crippen molar-refractivity contribution in [3.05, 3.63) is 30.1 Å². The molecule has 4 fully saturated rings. The molecule has 1 aromatic rings. The van der Waals surface area contributed by atoms with E-state index in [1.54, 1.807) is 18.3 Å². The molecule has 1 heterocycles. The normalized spacial score (nSPS) is 30.6. The number of rotatable bonds is 5. The maximum atomic E-state index is 12.8. The molecule has 3 N–H and O–H groups in total. The zero-order valence-electron chi connectivity index (χ0n) is 15.4. The van der Waals surface area contributed by atoms with Crippen molar-refractivity contribution in [1.82, 2.24) is 21.2 Å². The van der Waals surface area contributed by atoms with Crippen LogP contribution < -0.4 is 16.2 Å². The van der Waals surface area contributed by atoms with E-state index in [9.17, 15) is 14.4 Å². The predicted molar refractivity (Wildman–Crippen MR) is 98.1 cm³/mol. The van der Waals surface area contributed by atoms with E-state index in [2.05, 4.69) is 21.2 Å². The lowest BCUT2D eigenvalue weighted by Gasteiger charge is -2.55. The number of carbonyl (C=O) groups is 3. The highest BCUT2D eigenvalue weighted by atomic mass is 16.2. The highest BCUT2D eigenvalue weighted by molar-refractivity contribution is 5.95. The lowest BCUT2D eigenvalue weighted by Crippen LogP contribution is -2.54. The van der Waals surface area contributed by atoms with Gasteiger partial charge in [-0.2, -0.15) is 0 Å². The van der Waals surface area contributed by atoms with Crippen LogP contribution >= 0.6 is 0 Å². The Morgan fingerprint density at radius 2 is 1.70 bits per heavy atom. The van der Waals surface area contributed by atoms with Gasteiger partial charge in [-0.25, -0.2) is 0 Å². The van der Waals surface area contributed by atoms with Gasteiger partial charge < -0.3 is 5.32 Å². The van der Waals surface area contributed by atoms with Gasteiger partial charge in [0.05, 0.1) is 5.56 Å². The Bertz CT molecular complexity index is 699. The van der Waals surface area contributed by atoms with Crippen LogP contribution in [0.4, 0.5) is 0 Å². The van der Waals surface area contributed by atoms with Crippen LogP contribution in [-0.4, -0.2) is 29.3 Å². The van der Waals surface area contributed by atoms with E-state index in [0.29, 0.717) is 23.3 Å². The highest BCUT2D eigenvalue weighted by Gasteiger charge is 2.54. The Balaban J connectivity index is 1.20. The summed E-state index contributed by atoms with van der Waals surface area (Å²) in [6.07, 6.45) is 10.1. The Morgan fingerprint density at radius 1 is 1.04 bits per heavy atom. The van der Waals surface area contributed by atoms with Gasteiger partial charge in [0.2, 0.25) is 11.8 Å². The monoisotopic (exact) mass is 370 g/mol. The molecule has 7 nitrogen and oxygen atoms in total. The minimum atomic E-state index is -0.422. The molecule has 4 aliphatic carbocycles. The molecule has 0 saturated heterocycles. The van der Waals surface area contributed by atoms with Gasteiger partial charge in [-0.15, -0.1) is 0 Å². The van der Waals surface area contributed by atoms with Crippen LogP contribution in [0.15, 0.2) is 24.5 Å². The molecule has 27 heavy (non-hydrogen) atoms.